The number of nitrogens with zero attached hydrogens (tertiary/aromatic N) is 1. The number of halogens is 1. The molecule has 4 nitrogen and oxygen atoms in total. The molecule has 0 aromatic carbocycles. The Morgan fingerprint density at radius 2 is 2.22 bits per heavy atom. The first-order valence-electron chi connectivity index (χ1n) is 5.80. The molecule has 0 unspecified atom stereocenters. The van der Waals surface area contributed by atoms with E-state index < -0.39 is 10.0 Å². The Morgan fingerprint density at radius 3 is 2.67 bits per heavy atom. The van der Waals surface area contributed by atoms with Gasteiger partial charge in [-0.2, -0.15) is 0 Å². The normalized spacial score (nSPS) is 17.1. The second-order valence-corrected chi connectivity index (χ2v) is 9.06. The predicted octanol–water partition coefficient (Wildman–Crippen LogP) is 2.42. The summed E-state index contributed by atoms with van der Waals surface area (Å²) in [6, 6.07) is 1.54. The van der Waals surface area contributed by atoms with Crippen molar-refractivity contribution < 1.29 is 13.5 Å². The summed E-state index contributed by atoms with van der Waals surface area (Å²) < 4.78 is 26.7. The van der Waals surface area contributed by atoms with Crippen molar-refractivity contribution in [3.63, 3.8) is 0 Å². The highest BCUT2D eigenvalue weighted by Gasteiger charge is 2.29. The molecule has 7 heteroatoms. The number of hydrogen-bond donors (Lipinski definition) is 1. The molecule has 0 atom stereocenters. The van der Waals surface area contributed by atoms with Gasteiger partial charge in [0.25, 0.3) is 0 Å². The number of thiophene rings is 1. The number of aliphatic hydroxyl groups is 1. The fourth-order valence-corrected chi connectivity index (χ4v) is 5.69. The lowest BCUT2D eigenvalue weighted by molar-refractivity contribution is 0.263. The molecule has 1 aliphatic rings. The highest BCUT2D eigenvalue weighted by Crippen LogP contribution is 2.34. The van der Waals surface area contributed by atoms with Gasteiger partial charge in [0.15, 0.2) is 0 Å². The lowest BCUT2D eigenvalue weighted by Crippen LogP contribution is -2.34. The monoisotopic (exact) mass is 353 g/mol. The second kappa shape index (κ2) is 5.58. The SMILES string of the molecule is CN(CC1CCC1)S(=O)(=O)c1cc(CO)sc1Br. The standard InChI is InChI=1S/C11H16BrNO3S2/c1-13(6-8-3-2-4-8)18(15,16)10-5-9(7-14)17-11(10)12/h5,8,14H,2-4,6-7H2,1H3. The number of hydrogen-bond acceptors (Lipinski definition) is 4. The Balaban J connectivity index is 2.20. The van der Waals surface area contributed by atoms with E-state index in [0.717, 1.165) is 12.8 Å². The van der Waals surface area contributed by atoms with Crippen LogP contribution in [0, 0.1) is 5.92 Å². The van der Waals surface area contributed by atoms with Gasteiger partial charge < -0.3 is 5.11 Å². The van der Waals surface area contributed by atoms with Crippen LogP contribution in [0.5, 0.6) is 0 Å². The van der Waals surface area contributed by atoms with Crippen LogP contribution in [-0.4, -0.2) is 31.4 Å². The van der Waals surface area contributed by atoms with Crippen molar-refractivity contribution in [3.8, 4) is 0 Å². The first-order chi connectivity index (χ1) is 8.45. The Hall–Kier alpha value is 0.0500. The third kappa shape index (κ3) is 2.80. The van der Waals surface area contributed by atoms with E-state index in [-0.39, 0.29) is 11.5 Å². The zero-order valence-electron chi connectivity index (χ0n) is 10.1. The molecule has 1 aromatic rings. The quantitative estimate of drug-likeness (QED) is 0.884. The summed E-state index contributed by atoms with van der Waals surface area (Å²) in [5.74, 6) is 0.500. The largest absolute Gasteiger partial charge is 0.391 e. The highest BCUT2D eigenvalue weighted by molar-refractivity contribution is 9.11. The van der Waals surface area contributed by atoms with Gasteiger partial charge >= 0.3 is 0 Å². The van der Waals surface area contributed by atoms with Gasteiger partial charge in [0.05, 0.1) is 10.4 Å². The molecule has 1 heterocycles. The van der Waals surface area contributed by atoms with Crippen molar-refractivity contribution in [2.24, 2.45) is 5.92 Å². The summed E-state index contributed by atoms with van der Waals surface area (Å²) in [7, 11) is -1.82. The third-order valence-electron chi connectivity index (χ3n) is 3.29. The molecule has 1 N–H and O–H groups in total. The summed E-state index contributed by atoms with van der Waals surface area (Å²) in [4.78, 5) is 0.913. The van der Waals surface area contributed by atoms with E-state index in [1.165, 1.54) is 22.1 Å². The van der Waals surface area contributed by atoms with Gasteiger partial charge in [-0.25, -0.2) is 12.7 Å². The lowest BCUT2D eigenvalue weighted by Gasteiger charge is -2.29. The average molecular weight is 354 g/mol. The number of rotatable bonds is 5. The van der Waals surface area contributed by atoms with Crippen molar-refractivity contribution in [2.75, 3.05) is 13.6 Å². The maximum atomic E-state index is 12.4. The molecule has 0 aliphatic heterocycles. The molecule has 18 heavy (non-hydrogen) atoms. The molecular formula is C11H16BrNO3S2. The minimum atomic E-state index is -3.44. The van der Waals surface area contributed by atoms with Crippen LogP contribution in [0.25, 0.3) is 0 Å². The zero-order chi connectivity index (χ0) is 13.3. The maximum absolute atomic E-state index is 12.4. The Morgan fingerprint density at radius 1 is 1.56 bits per heavy atom. The molecule has 0 amide bonds. The second-order valence-electron chi connectivity index (χ2n) is 4.59. The molecule has 1 fully saturated rings. The molecular weight excluding hydrogens is 338 g/mol. The summed E-state index contributed by atoms with van der Waals surface area (Å²) in [6.45, 7) is 0.449. The van der Waals surface area contributed by atoms with E-state index >= 15 is 0 Å². The van der Waals surface area contributed by atoms with Gasteiger partial charge in [0.1, 0.15) is 4.90 Å². The number of sulfonamides is 1. The fraction of sp³-hybridized carbons (Fsp3) is 0.636. The Bertz CT molecular complexity index is 522. The van der Waals surface area contributed by atoms with E-state index in [2.05, 4.69) is 15.9 Å². The predicted molar refractivity (Wildman–Crippen MR) is 75.1 cm³/mol. The van der Waals surface area contributed by atoms with Crippen molar-refractivity contribution >= 4 is 37.3 Å². The van der Waals surface area contributed by atoms with Crippen molar-refractivity contribution in [1.82, 2.24) is 4.31 Å². The average Bonchev–Trinajstić information content (AvgIpc) is 2.65. The van der Waals surface area contributed by atoms with Gasteiger partial charge in [-0.1, -0.05) is 6.42 Å². The highest BCUT2D eigenvalue weighted by atomic mass is 79.9. The maximum Gasteiger partial charge on any atom is 0.244 e. The first-order valence-corrected chi connectivity index (χ1v) is 8.85. The van der Waals surface area contributed by atoms with Crippen LogP contribution in [0.1, 0.15) is 24.1 Å². The van der Waals surface area contributed by atoms with Gasteiger partial charge in [-0.15, -0.1) is 11.3 Å². The fourth-order valence-electron chi connectivity index (χ4n) is 1.96. The van der Waals surface area contributed by atoms with E-state index in [0.29, 0.717) is 21.1 Å². The Labute approximate surface area is 120 Å². The van der Waals surface area contributed by atoms with Crippen LogP contribution < -0.4 is 0 Å². The van der Waals surface area contributed by atoms with E-state index in [1.807, 2.05) is 0 Å². The molecule has 1 aromatic heterocycles. The van der Waals surface area contributed by atoms with Crippen LogP contribution in [-0.2, 0) is 16.6 Å². The Kier molecular flexibility index (Phi) is 4.48. The van der Waals surface area contributed by atoms with Crippen LogP contribution in [0.3, 0.4) is 0 Å². The summed E-state index contributed by atoms with van der Waals surface area (Å²) in [5, 5.41) is 9.05. The molecule has 0 bridgehead atoms. The summed E-state index contributed by atoms with van der Waals surface area (Å²) in [6.07, 6.45) is 3.44. The van der Waals surface area contributed by atoms with Crippen molar-refractivity contribution in [1.29, 1.82) is 0 Å². The van der Waals surface area contributed by atoms with Crippen LogP contribution in [0.15, 0.2) is 14.7 Å². The molecule has 0 spiro atoms. The minimum absolute atomic E-state index is 0.134. The number of aliphatic hydroxyl groups excluding tert-OH is 1. The van der Waals surface area contributed by atoms with Crippen molar-refractivity contribution in [2.45, 2.75) is 30.8 Å². The van der Waals surface area contributed by atoms with Crippen LogP contribution in [0.2, 0.25) is 0 Å². The molecule has 2 rings (SSSR count). The van der Waals surface area contributed by atoms with Gasteiger partial charge in [0.2, 0.25) is 10.0 Å². The van der Waals surface area contributed by atoms with E-state index in [4.69, 9.17) is 5.11 Å². The topological polar surface area (TPSA) is 57.6 Å². The van der Waals surface area contributed by atoms with Gasteiger partial charge in [0, 0.05) is 18.5 Å². The molecule has 102 valence electrons. The van der Waals surface area contributed by atoms with Gasteiger partial charge in [-0.3, -0.25) is 0 Å². The van der Waals surface area contributed by atoms with Crippen LogP contribution >= 0.6 is 27.3 Å². The molecule has 1 saturated carbocycles. The smallest absolute Gasteiger partial charge is 0.244 e. The summed E-state index contributed by atoms with van der Waals surface area (Å²) >= 11 is 4.52. The lowest BCUT2D eigenvalue weighted by atomic mass is 9.86. The van der Waals surface area contributed by atoms with Crippen LogP contribution in [0.4, 0.5) is 0 Å². The zero-order valence-corrected chi connectivity index (χ0v) is 13.3. The summed E-state index contributed by atoms with van der Waals surface area (Å²) in [5.41, 5.74) is 0. The third-order valence-corrected chi connectivity index (χ3v) is 7.35. The van der Waals surface area contributed by atoms with E-state index in [9.17, 15) is 8.42 Å². The minimum Gasteiger partial charge on any atom is -0.391 e. The molecule has 0 saturated heterocycles. The van der Waals surface area contributed by atoms with Crippen molar-refractivity contribution in [3.05, 3.63) is 14.7 Å². The first kappa shape index (κ1) is 14.5. The van der Waals surface area contributed by atoms with Gasteiger partial charge in [-0.05, 0) is 40.8 Å². The van der Waals surface area contributed by atoms with E-state index in [1.54, 1.807) is 13.1 Å². The molecule has 0 radical (unpaired) electrons. The molecule has 1 aliphatic carbocycles.